The molecule has 1 heterocycles. The Hall–Kier alpha value is -2.43. The minimum atomic E-state index is -0.790. The lowest BCUT2D eigenvalue weighted by Gasteiger charge is -2.36. The third-order valence-electron chi connectivity index (χ3n) is 5.02. The molecule has 25 heavy (non-hydrogen) atoms. The number of benzene rings is 1. The molecule has 0 radical (unpaired) electrons. The zero-order valence-corrected chi connectivity index (χ0v) is 14.8. The van der Waals surface area contributed by atoms with Crippen LogP contribution in [0.25, 0.3) is 0 Å². The molecule has 3 atom stereocenters. The molecule has 132 valence electrons. The molecule has 3 rings (SSSR count). The summed E-state index contributed by atoms with van der Waals surface area (Å²) in [6.45, 7) is 5.83. The van der Waals surface area contributed by atoms with Crippen LogP contribution in [0.3, 0.4) is 0 Å². The molecule has 0 aromatic heterocycles. The van der Waals surface area contributed by atoms with E-state index in [-0.39, 0.29) is 36.6 Å². The van der Waals surface area contributed by atoms with Crippen molar-refractivity contribution in [1.82, 2.24) is 5.32 Å². The van der Waals surface area contributed by atoms with Crippen LogP contribution in [0.2, 0.25) is 0 Å². The summed E-state index contributed by atoms with van der Waals surface area (Å²) in [6.07, 6.45) is 0.718. The molecule has 5 nitrogen and oxygen atoms in total. The molecule has 0 fully saturated rings. The van der Waals surface area contributed by atoms with Gasteiger partial charge in [-0.1, -0.05) is 36.8 Å². The molecule has 1 aliphatic carbocycles. The fourth-order valence-electron chi connectivity index (χ4n) is 3.79. The maximum atomic E-state index is 13.1. The quantitative estimate of drug-likeness (QED) is 0.678. The van der Waals surface area contributed by atoms with Crippen LogP contribution in [0.1, 0.15) is 43.7 Å². The highest BCUT2D eigenvalue weighted by molar-refractivity contribution is 6.11. The number of nitrogens with one attached hydrogen (secondary N) is 1. The first kappa shape index (κ1) is 17.4. The van der Waals surface area contributed by atoms with E-state index in [0.717, 1.165) is 11.1 Å². The number of hydrogen-bond acceptors (Lipinski definition) is 4. The van der Waals surface area contributed by atoms with Crippen molar-refractivity contribution in [2.75, 3.05) is 6.61 Å². The largest absolute Gasteiger partial charge is 0.465 e. The van der Waals surface area contributed by atoms with Crippen LogP contribution in [0.15, 0.2) is 35.5 Å². The summed E-state index contributed by atoms with van der Waals surface area (Å²) in [5.41, 5.74) is 3.28. The molecule has 1 aromatic rings. The van der Waals surface area contributed by atoms with E-state index < -0.39 is 11.9 Å². The number of rotatable bonds is 3. The zero-order valence-electron chi connectivity index (χ0n) is 14.8. The summed E-state index contributed by atoms with van der Waals surface area (Å²) in [6, 6.07) is 7.85. The summed E-state index contributed by atoms with van der Waals surface area (Å²) in [5, 5.41) is 2.85. The summed E-state index contributed by atoms with van der Waals surface area (Å²) < 4.78 is 5.11. The van der Waals surface area contributed by atoms with Crippen molar-refractivity contribution < 1.29 is 19.1 Å². The Morgan fingerprint density at radius 3 is 2.52 bits per heavy atom. The van der Waals surface area contributed by atoms with E-state index >= 15 is 0 Å². The van der Waals surface area contributed by atoms with Gasteiger partial charge in [-0.05, 0) is 31.7 Å². The van der Waals surface area contributed by atoms with E-state index in [1.807, 2.05) is 38.1 Å². The lowest BCUT2D eigenvalue weighted by atomic mass is 9.70. The van der Waals surface area contributed by atoms with Gasteiger partial charge in [-0.3, -0.25) is 14.4 Å². The van der Waals surface area contributed by atoms with Gasteiger partial charge >= 0.3 is 5.97 Å². The van der Waals surface area contributed by atoms with Gasteiger partial charge in [0, 0.05) is 23.6 Å². The van der Waals surface area contributed by atoms with Gasteiger partial charge in [-0.2, -0.15) is 0 Å². The Morgan fingerprint density at radius 1 is 1.20 bits per heavy atom. The number of carbonyl (C=O) groups is 3. The molecule has 0 spiro atoms. The monoisotopic (exact) mass is 341 g/mol. The molecule has 2 aliphatic rings. The predicted molar refractivity (Wildman–Crippen MR) is 92.6 cm³/mol. The standard InChI is InChI=1S/C20H23NO4/c1-4-25-20(24)17-12(3)9-15-18(19(17)23)14(10-16(22)21-15)13-7-5-11(2)6-8-13/h5-8,12,14,17H,4,9-10H2,1-3H3,(H,21,22). The van der Waals surface area contributed by atoms with Crippen molar-refractivity contribution in [3.8, 4) is 0 Å². The Bertz CT molecular complexity index is 747. The number of Topliss-reactive ketones (excluding diaryl/α,β-unsaturated/α-hetero) is 1. The molecule has 1 aromatic carbocycles. The Labute approximate surface area is 147 Å². The van der Waals surface area contributed by atoms with Gasteiger partial charge < -0.3 is 10.1 Å². The highest BCUT2D eigenvalue weighted by Gasteiger charge is 2.45. The second-order valence-corrected chi connectivity index (χ2v) is 6.88. The molecule has 0 bridgehead atoms. The van der Waals surface area contributed by atoms with Crippen LogP contribution in [0.4, 0.5) is 0 Å². The van der Waals surface area contributed by atoms with Crippen LogP contribution in [0.5, 0.6) is 0 Å². The van der Waals surface area contributed by atoms with E-state index in [1.165, 1.54) is 0 Å². The third-order valence-corrected chi connectivity index (χ3v) is 5.02. The first-order valence-electron chi connectivity index (χ1n) is 8.72. The van der Waals surface area contributed by atoms with Gasteiger partial charge in [-0.15, -0.1) is 0 Å². The van der Waals surface area contributed by atoms with E-state index in [2.05, 4.69) is 5.32 Å². The third kappa shape index (κ3) is 3.23. The van der Waals surface area contributed by atoms with Crippen LogP contribution < -0.4 is 5.32 Å². The summed E-state index contributed by atoms with van der Waals surface area (Å²) in [7, 11) is 0. The van der Waals surface area contributed by atoms with Crippen LogP contribution in [0, 0.1) is 18.8 Å². The molecular formula is C20H23NO4. The molecular weight excluding hydrogens is 318 g/mol. The highest BCUT2D eigenvalue weighted by Crippen LogP contribution is 2.42. The van der Waals surface area contributed by atoms with Gasteiger partial charge in [0.2, 0.25) is 5.91 Å². The van der Waals surface area contributed by atoms with Gasteiger partial charge in [0.15, 0.2) is 5.78 Å². The van der Waals surface area contributed by atoms with E-state index in [9.17, 15) is 14.4 Å². The molecule has 1 amide bonds. The average Bonchev–Trinajstić information content (AvgIpc) is 2.54. The Morgan fingerprint density at radius 2 is 1.88 bits per heavy atom. The van der Waals surface area contributed by atoms with Gasteiger partial charge in [-0.25, -0.2) is 0 Å². The molecule has 1 N–H and O–H groups in total. The maximum absolute atomic E-state index is 13.1. The topological polar surface area (TPSA) is 72.5 Å². The van der Waals surface area contributed by atoms with E-state index in [0.29, 0.717) is 17.7 Å². The van der Waals surface area contributed by atoms with Crippen molar-refractivity contribution in [2.24, 2.45) is 11.8 Å². The second-order valence-electron chi connectivity index (χ2n) is 6.88. The first-order chi connectivity index (χ1) is 11.9. The molecule has 5 heteroatoms. The molecule has 0 saturated carbocycles. The fraction of sp³-hybridized carbons (Fsp3) is 0.450. The zero-order chi connectivity index (χ0) is 18.1. The van der Waals surface area contributed by atoms with E-state index in [1.54, 1.807) is 6.92 Å². The molecule has 1 aliphatic heterocycles. The smallest absolute Gasteiger partial charge is 0.317 e. The van der Waals surface area contributed by atoms with Crippen molar-refractivity contribution in [3.05, 3.63) is 46.7 Å². The van der Waals surface area contributed by atoms with Crippen LogP contribution in [-0.4, -0.2) is 24.3 Å². The van der Waals surface area contributed by atoms with Gasteiger partial charge in [0.1, 0.15) is 5.92 Å². The highest BCUT2D eigenvalue weighted by atomic mass is 16.5. The van der Waals surface area contributed by atoms with Gasteiger partial charge in [0.25, 0.3) is 0 Å². The predicted octanol–water partition coefficient (Wildman–Crippen LogP) is 2.64. The lowest BCUT2D eigenvalue weighted by molar-refractivity contribution is -0.153. The Balaban J connectivity index is 2.02. The van der Waals surface area contributed by atoms with Crippen molar-refractivity contribution in [2.45, 2.75) is 39.5 Å². The minimum Gasteiger partial charge on any atom is -0.465 e. The van der Waals surface area contributed by atoms with Crippen molar-refractivity contribution in [3.63, 3.8) is 0 Å². The number of aryl methyl sites for hydroxylation is 1. The molecule has 3 unspecified atom stereocenters. The van der Waals surface area contributed by atoms with Crippen LogP contribution in [-0.2, 0) is 19.1 Å². The van der Waals surface area contributed by atoms with Gasteiger partial charge in [0.05, 0.1) is 6.61 Å². The number of ketones is 1. The number of hydrogen-bond donors (Lipinski definition) is 1. The summed E-state index contributed by atoms with van der Waals surface area (Å²) in [5.74, 6) is -2.05. The van der Waals surface area contributed by atoms with E-state index in [4.69, 9.17) is 4.74 Å². The number of amides is 1. The average molecular weight is 341 g/mol. The van der Waals surface area contributed by atoms with Crippen molar-refractivity contribution in [1.29, 1.82) is 0 Å². The second kappa shape index (κ2) is 6.82. The lowest BCUT2D eigenvalue weighted by Crippen LogP contribution is -2.44. The fourth-order valence-corrected chi connectivity index (χ4v) is 3.79. The minimum absolute atomic E-state index is 0.0843. The summed E-state index contributed by atoms with van der Waals surface area (Å²) in [4.78, 5) is 37.6. The number of ether oxygens (including phenoxy) is 1. The van der Waals surface area contributed by atoms with Crippen LogP contribution >= 0.6 is 0 Å². The molecule has 0 saturated heterocycles. The maximum Gasteiger partial charge on any atom is 0.317 e. The number of carbonyl (C=O) groups excluding carboxylic acids is 3. The number of allylic oxidation sites excluding steroid dienone is 2. The first-order valence-corrected chi connectivity index (χ1v) is 8.72. The normalized spacial score (nSPS) is 26.1. The van der Waals surface area contributed by atoms with Crippen molar-refractivity contribution >= 4 is 17.7 Å². The summed E-state index contributed by atoms with van der Waals surface area (Å²) >= 11 is 0. The number of esters is 1. The Kier molecular flexibility index (Phi) is 4.75. The SMILES string of the molecule is CCOC(=O)C1C(=O)C2=C(CC1C)NC(=O)CC2c1ccc(C)cc1.